The maximum atomic E-state index is 5.93. The van der Waals surface area contributed by atoms with Crippen molar-refractivity contribution >= 4 is 16.5 Å². The third-order valence-corrected chi connectivity index (χ3v) is 4.62. The first kappa shape index (κ1) is 17.1. The van der Waals surface area contributed by atoms with Gasteiger partial charge in [-0.05, 0) is 30.5 Å². The van der Waals surface area contributed by atoms with Gasteiger partial charge in [-0.1, -0.05) is 48.5 Å². The van der Waals surface area contributed by atoms with Crippen molar-refractivity contribution < 1.29 is 9.15 Å². The van der Waals surface area contributed by atoms with Gasteiger partial charge >= 0.3 is 0 Å². The SMILES string of the molecule is CCN(Cc1nnc(-c2ccccc2OC)o1)c1cccc2ccccc12. The van der Waals surface area contributed by atoms with E-state index in [0.717, 1.165) is 17.8 Å². The van der Waals surface area contributed by atoms with Crippen LogP contribution in [0, 0.1) is 0 Å². The standard InChI is InChI=1S/C22H21N3O2/c1-3-25(19-13-8-10-16-9-4-5-11-17(16)19)15-21-23-24-22(27-21)18-12-6-7-14-20(18)26-2/h4-14H,3,15H2,1-2H3. The normalized spacial score (nSPS) is 10.9. The van der Waals surface area contributed by atoms with Gasteiger partial charge in [-0.2, -0.15) is 0 Å². The van der Waals surface area contributed by atoms with Gasteiger partial charge in [-0.3, -0.25) is 0 Å². The van der Waals surface area contributed by atoms with Crippen LogP contribution in [0.1, 0.15) is 12.8 Å². The molecule has 0 saturated heterocycles. The van der Waals surface area contributed by atoms with Crippen LogP contribution in [0.25, 0.3) is 22.2 Å². The minimum absolute atomic E-state index is 0.469. The first-order valence-corrected chi connectivity index (χ1v) is 8.98. The second kappa shape index (κ2) is 7.50. The van der Waals surface area contributed by atoms with E-state index < -0.39 is 0 Å². The zero-order valence-electron chi connectivity index (χ0n) is 15.4. The molecule has 0 amide bonds. The zero-order valence-corrected chi connectivity index (χ0v) is 15.4. The number of nitrogens with zero attached hydrogens (tertiary/aromatic N) is 3. The van der Waals surface area contributed by atoms with Crippen molar-refractivity contribution in [3.8, 4) is 17.2 Å². The van der Waals surface area contributed by atoms with Crippen LogP contribution in [0.2, 0.25) is 0 Å². The molecule has 4 aromatic rings. The maximum Gasteiger partial charge on any atom is 0.251 e. The van der Waals surface area contributed by atoms with Gasteiger partial charge in [0.1, 0.15) is 5.75 Å². The van der Waals surface area contributed by atoms with E-state index >= 15 is 0 Å². The van der Waals surface area contributed by atoms with Gasteiger partial charge < -0.3 is 14.1 Å². The number of para-hydroxylation sites is 1. The summed E-state index contributed by atoms with van der Waals surface area (Å²) in [5, 5.41) is 10.9. The van der Waals surface area contributed by atoms with Crippen LogP contribution in [-0.2, 0) is 6.54 Å². The molecule has 0 unspecified atom stereocenters. The van der Waals surface area contributed by atoms with E-state index in [1.165, 1.54) is 10.8 Å². The number of hydrogen-bond donors (Lipinski definition) is 0. The molecular weight excluding hydrogens is 338 g/mol. The Balaban J connectivity index is 1.64. The summed E-state index contributed by atoms with van der Waals surface area (Å²) in [7, 11) is 1.63. The topological polar surface area (TPSA) is 51.4 Å². The van der Waals surface area contributed by atoms with E-state index in [2.05, 4.69) is 64.5 Å². The summed E-state index contributed by atoms with van der Waals surface area (Å²) in [5.41, 5.74) is 1.96. The molecule has 5 nitrogen and oxygen atoms in total. The summed E-state index contributed by atoms with van der Waals surface area (Å²) in [4.78, 5) is 2.24. The summed E-state index contributed by atoms with van der Waals surface area (Å²) < 4.78 is 11.3. The second-order valence-corrected chi connectivity index (χ2v) is 6.21. The number of hydrogen-bond acceptors (Lipinski definition) is 5. The lowest BCUT2D eigenvalue weighted by Crippen LogP contribution is -2.22. The van der Waals surface area contributed by atoms with Gasteiger partial charge in [0.15, 0.2) is 0 Å². The molecule has 27 heavy (non-hydrogen) atoms. The van der Waals surface area contributed by atoms with Crippen LogP contribution in [0.15, 0.2) is 71.1 Å². The monoisotopic (exact) mass is 359 g/mol. The first-order chi connectivity index (χ1) is 13.3. The van der Waals surface area contributed by atoms with Crippen LogP contribution in [0.3, 0.4) is 0 Å². The average molecular weight is 359 g/mol. The Morgan fingerprint density at radius 3 is 2.56 bits per heavy atom. The number of anilines is 1. The Morgan fingerprint density at radius 1 is 0.926 bits per heavy atom. The Morgan fingerprint density at radius 2 is 1.70 bits per heavy atom. The van der Waals surface area contributed by atoms with Crippen molar-refractivity contribution in [3.63, 3.8) is 0 Å². The van der Waals surface area contributed by atoms with Gasteiger partial charge in [0.2, 0.25) is 5.89 Å². The Bertz CT molecular complexity index is 1050. The summed E-state index contributed by atoms with van der Waals surface area (Å²) in [6, 6.07) is 22.4. The van der Waals surface area contributed by atoms with Gasteiger partial charge in [-0.25, -0.2) is 0 Å². The molecule has 1 aromatic heterocycles. The third kappa shape index (κ3) is 3.36. The number of ether oxygens (including phenoxy) is 1. The smallest absolute Gasteiger partial charge is 0.251 e. The molecule has 1 heterocycles. The molecule has 0 N–H and O–H groups in total. The molecule has 3 aromatic carbocycles. The fraction of sp³-hybridized carbons (Fsp3) is 0.182. The van der Waals surface area contributed by atoms with Crippen LogP contribution < -0.4 is 9.64 Å². The van der Waals surface area contributed by atoms with Crippen LogP contribution in [-0.4, -0.2) is 23.9 Å². The van der Waals surface area contributed by atoms with Crippen LogP contribution in [0.4, 0.5) is 5.69 Å². The van der Waals surface area contributed by atoms with Crippen LogP contribution >= 0.6 is 0 Å². The highest BCUT2D eigenvalue weighted by Crippen LogP contribution is 2.30. The van der Waals surface area contributed by atoms with Crippen molar-refractivity contribution in [2.45, 2.75) is 13.5 Å². The number of aromatic nitrogens is 2. The first-order valence-electron chi connectivity index (χ1n) is 8.98. The molecule has 136 valence electrons. The minimum atomic E-state index is 0.469. The number of benzene rings is 3. The molecule has 0 atom stereocenters. The van der Waals surface area contributed by atoms with E-state index in [0.29, 0.717) is 24.1 Å². The van der Waals surface area contributed by atoms with Gasteiger partial charge in [0.25, 0.3) is 5.89 Å². The van der Waals surface area contributed by atoms with Crippen LogP contribution in [0.5, 0.6) is 5.75 Å². The molecule has 0 spiro atoms. The quantitative estimate of drug-likeness (QED) is 0.489. The Hall–Kier alpha value is -3.34. The molecule has 0 fully saturated rings. The fourth-order valence-corrected chi connectivity index (χ4v) is 3.26. The van der Waals surface area contributed by atoms with E-state index in [-0.39, 0.29) is 0 Å². The molecule has 0 aliphatic carbocycles. The fourth-order valence-electron chi connectivity index (χ4n) is 3.26. The molecule has 0 radical (unpaired) electrons. The number of methoxy groups -OCH3 is 1. The summed E-state index contributed by atoms with van der Waals surface area (Å²) in [6.07, 6.45) is 0. The molecule has 0 aliphatic rings. The Kier molecular flexibility index (Phi) is 4.75. The van der Waals surface area contributed by atoms with E-state index in [9.17, 15) is 0 Å². The predicted molar refractivity (Wildman–Crippen MR) is 107 cm³/mol. The lowest BCUT2D eigenvalue weighted by molar-refractivity contribution is 0.413. The summed E-state index contributed by atoms with van der Waals surface area (Å²) in [5.74, 6) is 1.76. The largest absolute Gasteiger partial charge is 0.496 e. The molecule has 0 saturated carbocycles. The van der Waals surface area contributed by atoms with Gasteiger partial charge in [-0.15, -0.1) is 10.2 Å². The molecule has 5 heteroatoms. The maximum absolute atomic E-state index is 5.93. The summed E-state index contributed by atoms with van der Waals surface area (Å²) in [6.45, 7) is 3.51. The lowest BCUT2D eigenvalue weighted by Gasteiger charge is -2.23. The number of rotatable bonds is 6. The predicted octanol–water partition coefficient (Wildman–Crippen LogP) is 4.92. The second-order valence-electron chi connectivity index (χ2n) is 6.21. The average Bonchev–Trinajstić information content (AvgIpc) is 3.20. The zero-order chi connectivity index (χ0) is 18.6. The van der Waals surface area contributed by atoms with E-state index in [1.54, 1.807) is 7.11 Å². The molecule has 0 aliphatic heterocycles. The third-order valence-electron chi connectivity index (χ3n) is 4.62. The number of fused-ring (bicyclic) bond motifs is 1. The highest BCUT2D eigenvalue weighted by atomic mass is 16.5. The Labute approximate surface area is 158 Å². The van der Waals surface area contributed by atoms with Crippen molar-refractivity contribution in [1.82, 2.24) is 10.2 Å². The van der Waals surface area contributed by atoms with E-state index in [4.69, 9.17) is 9.15 Å². The van der Waals surface area contributed by atoms with Gasteiger partial charge in [0, 0.05) is 17.6 Å². The highest BCUT2D eigenvalue weighted by Gasteiger charge is 2.16. The van der Waals surface area contributed by atoms with Crippen molar-refractivity contribution in [2.75, 3.05) is 18.6 Å². The molecule has 4 rings (SSSR count). The van der Waals surface area contributed by atoms with Gasteiger partial charge in [0.05, 0.1) is 19.2 Å². The van der Waals surface area contributed by atoms with E-state index in [1.807, 2.05) is 24.3 Å². The lowest BCUT2D eigenvalue weighted by atomic mass is 10.1. The van der Waals surface area contributed by atoms with Crippen molar-refractivity contribution in [3.05, 3.63) is 72.6 Å². The minimum Gasteiger partial charge on any atom is -0.496 e. The van der Waals surface area contributed by atoms with Crippen molar-refractivity contribution in [1.29, 1.82) is 0 Å². The molecular formula is C22H21N3O2. The summed E-state index contributed by atoms with van der Waals surface area (Å²) >= 11 is 0. The molecule has 0 bridgehead atoms. The van der Waals surface area contributed by atoms with Crippen molar-refractivity contribution in [2.24, 2.45) is 0 Å². The highest BCUT2D eigenvalue weighted by molar-refractivity contribution is 5.94.